The largest absolute Gasteiger partial charge is 0.494 e. The van der Waals surface area contributed by atoms with Gasteiger partial charge in [-0.25, -0.2) is 18.4 Å². The summed E-state index contributed by atoms with van der Waals surface area (Å²) in [5.41, 5.74) is 0.720. The van der Waals surface area contributed by atoms with E-state index in [0.717, 1.165) is 6.26 Å². The molecule has 0 aliphatic rings. The second kappa shape index (κ2) is 9.44. The van der Waals surface area contributed by atoms with E-state index in [1.165, 1.54) is 24.6 Å². The molecule has 0 unspecified atom stereocenters. The maximum atomic E-state index is 13.1. The maximum Gasteiger partial charge on any atom is 0.429 e. The van der Waals surface area contributed by atoms with E-state index in [4.69, 9.17) is 10.1 Å². The topological polar surface area (TPSA) is 92.5 Å². The molecule has 174 valence electrons. The summed E-state index contributed by atoms with van der Waals surface area (Å²) in [7, 11) is -2.04. The van der Waals surface area contributed by atoms with Gasteiger partial charge in [0.05, 0.1) is 12.8 Å². The van der Waals surface area contributed by atoms with E-state index >= 15 is 0 Å². The third-order valence-electron chi connectivity index (χ3n) is 4.63. The van der Waals surface area contributed by atoms with Gasteiger partial charge in [-0.05, 0) is 47.7 Å². The number of nitrogens with one attached hydrogen (secondary N) is 1. The molecule has 33 heavy (non-hydrogen) atoms. The van der Waals surface area contributed by atoms with E-state index in [0.29, 0.717) is 33.0 Å². The number of halogens is 3. The zero-order valence-electron chi connectivity index (χ0n) is 17.9. The smallest absolute Gasteiger partial charge is 0.429 e. The third kappa shape index (κ3) is 5.85. The number of para-hydroxylation sites is 2. The average molecular weight is 496 g/mol. The lowest BCUT2D eigenvalue weighted by atomic mass is 10.1. The van der Waals surface area contributed by atoms with Gasteiger partial charge in [0.2, 0.25) is 0 Å². The second-order valence-corrected chi connectivity index (χ2v) is 10.0. The minimum atomic E-state index is -4.77. The molecular formula is C22H20F3N3O3S2. The number of benzene rings is 1. The highest BCUT2D eigenvalue weighted by atomic mass is 32.2. The number of nitrogens with zero attached hydrogens (tertiary/aromatic N) is 2. The highest BCUT2D eigenvalue weighted by Crippen LogP contribution is 2.32. The average Bonchev–Trinajstić information content (AvgIpc) is 3.22. The summed E-state index contributed by atoms with van der Waals surface area (Å²) < 4.78 is 68.2. The highest BCUT2D eigenvalue weighted by Gasteiger charge is 2.35. The van der Waals surface area contributed by atoms with Crippen molar-refractivity contribution in [3.8, 4) is 16.9 Å². The number of alkyl halides is 3. The molecule has 1 aromatic carbocycles. The summed E-state index contributed by atoms with van der Waals surface area (Å²) in [6, 6.07) is 9.97. The summed E-state index contributed by atoms with van der Waals surface area (Å²) in [5.74, 6) is 0.390. The van der Waals surface area contributed by atoms with Crippen LogP contribution in [0.3, 0.4) is 0 Å². The van der Waals surface area contributed by atoms with Crippen LogP contribution in [0.1, 0.15) is 16.9 Å². The molecule has 0 amide bonds. The van der Waals surface area contributed by atoms with Crippen molar-refractivity contribution >= 4 is 38.3 Å². The van der Waals surface area contributed by atoms with Crippen LogP contribution >= 0.6 is 11.3 Å². The molecule has 1 N–H and O–H groups in total. The second-order valence-electron chi connectivity index (χ2n) is 7.20. The van der Waals surface area contributed by atoms with Gasteiger partial charge < -0.3 is 10.1 Å². The summed E-state index contributed by atoms with van der Waals surface area (Å²) in [4.78, 5) is 8.87. The lowest BCUT2D eigenvalue weighted by Gasteiger charge is -2.11. The van der Waals surface area contributed by atoms with E-state index in [-0.39, 0.29) is 10.7 Å². The molecule has 0 atom stereocenters. The number of rotatable bonds is 7. The molecule has 2 aromatic heterocycles. The van der Waals surface area contributed by atoms with Crippen LogP contribution in [0.25, 0.3) is 11.1 Å². The van der Waals surface area contributed by atoms with Crippen LogP contribution in [0, 0.1) is 12.3 Å². The molecule has 0 saturated heterocycles. The van der Waals surface area contributed by atoms with E-state index in [2.05, 4.69) is 9.98 Å². The number of hydrogen-bond acceptors (Lipinski definition) is 7. The molecule has 3 rings (SSSR count). The standard InChI is InChI=1S/C22H20F3N3O3S2/c1-13-8-14(11-27-21(13)33(3,29)30)15-9-19(32-12-15)17(10-20(26)22(23,24)25)28-16-6-4-5-7-18(16)31-2/h4-9,11-12,26H,10H2,1-3H3. The molecule has 6 nitrogen and oxygen atoms in total. The Bertz CT molecular complexity index is 1330. The van der Waals surface area contributed by atoms with Crippen molar-refractivity contribution in [1.82, 2.24) is 4.98 Å². The van der Waals surface area contributed by atoms with Crippen molar-refractivity contribution in [2.45, 2.75) is 24.5 Å². The Morgan fingerprint density at radius 2 is 1.91 bits per heavy atom. The quantitative estimate of drug-likeness (QED) is 0.431. The first kappa shape index (κ1) is 24.6. The zero-order chi connectivity index (χ0) is 24.4. The van der Waals surface area contributed by atoms with Gasteiger partial charge >= 0.3 is 6.18 Å². The summed E-state index contributed by atoms with van der Waals surface area (Å²) >= 11 is 1.17. The fourth-order valence-corrected chi connectivity index (χ4v) is 4.86. The number of ether oxygens (including phenoxy) is 1. The number of thiophene rings is 1. The van der Waals surface area contributed by atoms with E-state index < -0.39 is 28.1 Å². The first-order valence-corrected chi connectivity index (χ1v) is 12.3. The predicted molar refractivity (Wildman–Crippen MR) is 123 cm³/mol. The van der Waals surface area contributed by atoms with Gasteiger partial charge in [-0.2, -0.15) is 13.2 Å². The maximum absolute atomic E-state index is 13.1. The number of aromatic nitrogens is 1. The summed E-state index contributed by atoms with van der Waals surface area (Å²) in [6.07, 6.45) is -3.01. The Kier molecular flexibility index (Phi) is 7.03. The SMILES string of the molecule is COc1ccccc1N=C(CC(=N)C(F)(F)F)c1cc(-c2cnc(S(C)(=O)=O)c(C)c2)cs1. The molecule has 3 aromatic rings. The molecule has 0 fully saturated rings. The number of hydrogen-bond donors (Lipinski definition) is 1. The molecule has 0 saturated carbocycles. The summed E-state index contributed by atoms with van der Waals surface area (Å²) in [5, 5.41) is 9.16. The van der Waals surface area contributed by atoms with Gasteiger partial charge in [0.25, 0.3) is 0 Å². The molecule has 0 bridgehead atoms. The summed E-state index contributed by atoms with van der Waals surface area (Å²) in [6.45, 7) is 1.62. The van der Waals surface area contributed by atoms with Crippen LogP contribution < -0.4 is 4.74 Å². The van der Waals surface area contributed by atoms with Gasteiger partial charge in [0.1, 0.15) is 17.1 Å². The van der Waals surface area contributed by atoms with Crippen LogP contribution in [-0.2, 0) is 9.84 Å². The molecule has 0 radical (unpaired) electrons. The van der Waals surface area contributed by atoms with E-state index in [1.807, 2.05) is 0 Å². The zero-order valence-corrected chi connectivity index (χ0v) is 19.5. The van der Waals surface area contributed by atoms with E-state index in [9.17, 15) is 21.6 Å². The van der Waals surface area contributed by atoms with Crippen molar-refractivity contribution in [2.24, 2.45) is 4.99 Å². The Hall–Kier alpha value is -3.05. The molecule has 0 spiro atoms. The van der Waals surface area contributed by atoms with Crippen molar-refractivity contribution in [1.29, 1.82) is 5.41 Å². The molecule has 0 aliphatic carbocycles. The Labute approximate surface area is 193 Å². The van der Waals surface area contributed by atoms with Crippen LogP contribution in [0.4, 0.5) is 18.9 Å². The van der Waals surface area contributed by atoms with Crippen molar-refractivity contribution in [3.63, 3.8) is 0 Å². The normalized spacial score (nSPS) is 12.6. The van der Waals surface area contributed by atoms with Gasteiger partial charge in [0.15, 0.2) is 14.9 Å². The predicted octanol–water partition coefficient (Wildman–Crippen LogP) is 5.62. The van der Waals surface area contributed by atoms with Gasteiger partial charge in [-0.1, -0.05) is 12.1 Å². The first-order valence-electron chi connectivity index (χ1n) is 9.51. The Morgan fingerprint density at radius 1 is 1.21 bits per heavy atom. The molecule has 11 heteroatoms. The van der Waals surface area contributed by atoms with Gasteiger partial charge in [-0.15, -0.1) is 11.3 Å². The van der Waals surface area contributed by atoms with Gasteiger partial charge in [0, 0.05) is 29.3 Å². The number of aryl methyl sites for hydroxylation is 1. The Morgan fingerprint density at radius 3 is 2.52 bits per heavy atom. The first-order chi connectivity index (χ1) is 15.4. The van der Waals surface area contributed by atoms with Crippen molar-refractivity contribution in [2.75, 3.05) is 13.4 Å². The minimum Gasteiger partial charge on any atom is -0.494 e. The third-order valence-corrected chi connectivity index (χ3v) is 6.73. The highest BCUT2D eigenvalue weighted by molar-refractivity contribution is 7.90. The minimum absolute atomic E-state index is 0.0289. The van der Waals surface area contributed by atoms with Crippen molar-refractivity contribution in [3.05, 3.63) is 58.4 Å². The van der Waals surface area contributed by atoms with Crippen LogP contribution in [0.2, 0.25) is 0 Å². The van der Waals surface area contributed by atoms with Crippen molar-refractivity contribution < 1.29 is 26.3 Å². The number of aliphatic imine (C=N–C) groups is 1. The fraction of sp³-hybridized carbons (Fsp3) is 0.227. The van der Waals surface area contributed by atoms with Crippen LogP contribution in [0.5, 0.6) is 5.75 Å². The lowest BCUT2D eigenvalue weighted by Crippen LogP contribution is -2.24. The lowest BCUT2D eigenvalue weighted by molar-refractivity contribution is -0.0605. The number of pyridine rings is 1. The van der Waals surface area contributed by atoms with Crippen LogP contribution in [0.15, 0.2) is 58.0 Å². The molecule has 2 heterocycles. The van der Waals surface area contributed by atoms with Gasteiger partial charge in [-0.3, -0.25) is 0 Å². The van der Waals surface area contributed by atoms with E-state index in [1.54, 1.807) is 48.7 Å². The number of sulfone groups is 1. The number of methoxy groups -OCH3 is 1. The Balaban J connectivity index is 2.05. The van der Waals surface area contributed by atoms with Crippen LogP contribution in [-0.4, -0.2) is 44.4 Å². The molecular weight excluding hydrogens is 475 g/mol. The monoisotopic (exact) mass is 495 g/mol. The fourth-order valence-electron chi connectivity index (χ4n) is 3.06. The molecule has 0 aliphatic heterocycles.